The first-order valence-electron chi connectivity index (χ1n) is 17.9. The second-order valence-corrected chi connectivity index (χ2v) is 13.7. The van der Waals surface area contributed by atoms with E-state index in [1.807, 2.05) is 0 Å². The van der Waals surface area contributed by atoms with E-state index in [-0.39, 0.29) is 0 Å². The number of hydrogen-bond donors (Lipinski definition) is 0. The Bertz CT molecular complexity index is 3060. The molecule has 0 spiro atoms. The highest BCUT2D eigenvalue weighted by Crippen LogP contribution is 2.41. The molecule has 0 aliphatic carbocycles. The molecule has 0 atom stereocenters. The van der Waals surface area contributed by atoms with Crippen molar-refractivity contribution in [1.82, 2.24) is 19.5 Å². The summed E-state index contributed by atoms with van der Waals surface area (Å²) in [7, 11) is 0. The minimum absolute atomic E-state index is 0.577. The molecule has 0 radical (unpaired) electrons. The van der Waals surface area contributed by atoms with Gasteiger partial charge in [0.1, 0.15) is 0 Å². The Hall–Kier alpha value is -7.17. The highest BCUT2D eigenvalue weighted by atomic mass is 15.2. The van der Waals surface area contributed by atoms with Gasteiger partial charge in [-0.1, -0.05) is 152 Å². The van der Waals surface area contributed by atoms with Crippen LogP contribution in [0.4, 0.5) is 0 Å². The minimum atomic E-state index is 0.577. The smallest absolute Gasteiger partial charge is 0.238 e. The van der Waals surface area contributed by atoms with Gasteiger partial charge in [0, 0.05) is 21.9 Å². The maximum Gasteiger partial charge on any atom is 0.238 e. The van der Waals surface area contributed by atoms with E-state index in [0.29, 0.717) is 17.6 Å². The molecule has 2 aromatic heterocycles. The van der Waals surface area contributed by atoms with Crippen LogP contribution in [-0.2, 0) is 0 Å². The molecule has 0 saturated heterocycles. The molecule has 0 saturated carbocycles. The van der Waals surface area contributed by atoms with Crippen molar-refractivity contribution in [3.05, 3.63) is 182 Å². The van der Waals surface area contributed by atoms with Gasteiger partial charge in [-0.25, -0.2) is 4.98 Å². The van der Waals surface area contributed by atoms with Crippen molar-refractivity contribution in [2.75, 3.05) is 0 Å². The number of aromatic nitrogens is 4. The van der Waals surface area contributed by atoms with Crippen LogP contribution in [0.2, 0.25) is 0 Å². The first-order chi connectivity index (χ1) is 26.2. The Kier molecular flexibility index (Phi) is 6.52. The Balaban J connectivity index is 1.30. The van der Waals surface area contributed by atoms with E-state index in [2.05, 4.69) is 187 Å². The van der Waals surface area contributed by atoms with Gasteiger partial charge in [-0.3, -0.25) is 4.57 Å². The van der Waals surface area contributed by atoms with Crippen LogP contribution in [0.5, 0.6) is 0 Å². The number of rotatable bonds is 2. The predicted octanol–water partition coefficient (Wildman–Crippen LogP) is 12.4. The maximum absolute atomic E-state index is 5.36. The monoisotopic (exact) mass is 674 g/mol. The van der Waals surface area contributed by atoms with Crippen LogP contribution in [0.15, 0.2) is 182 Å². The lowest BCUT2D eigenvalue weighted by molar-refractivity contribution is 0.954. The Morgan fingerprint density at radius 2 is 0.868 bits per heavy atom. The molecule has 0 amide bonds. The summed E-state index contributed by atoms with van der Waals surface area (Å²) in [4.78, 5) is 15.9. The number of nitrogens with zero attached hydrogens (tertiary/aromatic N) is 4. The largest absolute Gasteiger partial charge is 0.278 e. The Morgan fingerprint density at radius 1 is 0.321 bits per heavy atom. The fraction of sp³-hybridized carbons (Fsp3) is 0. The third-order valence-electron chi connectivity index (χ3n) is 10.6. The molecule has 4 heteroatoms. The lowest BCUT2D eigenvalue weighted by Crippen LogP contribution is -2.06. The third-order valence-corrected chi connectivity index (χ3v) is 10.6. The summed E-state index contributed by atoms with van der Waals surface area (Å²) in [5.41, 5.74) is 13.2. The molecular weight excluding hydrogens is 645 g/mol. The average molecular weight is 675 g/mol. The van der Waals surface area contributed by atoms with Gasteiger partial charge >= 0.3 is 0 Å². The van der Waals surface area contributed by atoms with Gasteiger partial charge in [0.15, 0.2) is 11.6 Å². The lowest BCUT2D eigenvalue weighted by atomic mass is 9.95. The molecule has 246 valence electrons. The summed E-state index contributed by atoms with van der Waals surface area (Å²) in [5.74, 6) is 1.83. The van der Waals surface area contributed by atoms with Crippen molar-refractivity contribution in [1.29, 1.82) is 0 Å². The fourth-order valence-electron chi connectivity index (χ4n) is 8.05. The van der Waals surface area contributed by atoms with Crippen molar-refractivity contribution in [3.63, 3.8) is 0 Å². The Morgan fingerprint density at radius 3 is 1.62 bits per heavy atom. The van der Waals surface area contributed by atoms with Gasteiger partial charge in [0.2, 0.25) is 5.95 Å². The predicted molar refractivity (Wildman–Crippen MR) is 218 cm³/mol. The zero-order valence-electron chi connectivity index (χ0n) is 28.6. The molecule has 0 unspecified atom stereocenters. The summed E-state index contributed by atoms with van der Waals surface area (Å²) in [6.45, 7) is 0. The fourth-order valence-corrected chi connectivity index (χ4v) is 8.05. The quantitative estimate of drug-likeness (QED) is 0.183. The van der Waals surface area contributed by atoms with E-state index in [0.717, 1.165) is 60.6 Å². The molecule has 53 heavy (non-hydrogen) atoms. The maximum atomic E-state index is 5.36. The third kappa shape index (κ3) is 4.80. The van der Waals surface area contributed by atoms with E-state index in [1.54, 1.807) is 0 Å². The van der Waals surface area contributed by atoms with Crippen LogP contribution in [0, 0.1) is 0 Å². The van der Waals surface area contributed by atoms with Gasteiger partial charge in [-0.2, -0.15) is 9.97 Å². The van der Waals surface area contributed by atoms with E-state index in [4.69, 9.17) is 15.0 Å². The van der Waals surface area contributed by atoms with Crippen molar-refractivity contribution in [2.24, 2.45) is 0 Å². The van der Waals surface area contributed by atoms with Gasteiger partial charge < -0.3 is 0 Å². The van der Waals surface area contributed by atoms with E-state index in [9.17, 15) is 0 Å². The first kappa shape index (κ1) is 29.5. The van der Waals surface area contributed by atoms with Gasteiger partial charge in [-0.15, -0.1) is 0 Å². The zero-order chi connectivity index (χ0) is 34.9. The lowest BCUT2D eigenvalue weighted by Gasteiger charge is -2.14. The normalized spacial score (nSPS) is 11.8. The van der Waals surface area contributed by atoms with Crippen LogP contribution >= 0.6 is 0 Å². The molecule has 0 fully saturated rings. The van der Waals surface area contributed by atoms with Crippen LogP contribution in [0.3, 0.4) is 0 Å². The van der Waals surface area contributed by atoms with Crippen molar-refractivity contribution in [2.45, 2.75) is 0 Å². The molecule has 8 aromatic carbocycles. The molecule has 1 aliphatic heterocycles. The van der Waals surface area contributed by atoms with Crippen molar-refractivity contribution < 1.29 is 0 Å². The molecule has 11 rings (SSSR count). The second kappa shape index (κ2) is 11.7. The van der Waals surface area contributed by atoms with Crippen molar-refractivity contribution in [3.8, 4) is 73.2 Å². The summed E-state index contributed by atoms with van der Waals surface area (Å²) in [5, 5.41) is 4.55. The molecule has 10 bridgehead atoms. The number of hydrogen-bond acceptors (Lipinski definition) is 3. The van der Waals surface area contributed by atoms with Crippen LogP contribution in [0.1, 0.15) is 0 Å². The highest BCUT2D eigenvalue weighted by molar-refractivity contribution is 6.16. The zero-order valence-corrected chi connectivity index (χ0v) is 28.6. The summed E-state index contributed by atoms with van der Waals surface area (Å²) < 4.78 is 2.24. The molecule has 3 heterocycles. The number of fused-ring (bicyclic) bond motifs is 18. The van der Waals surface area contributed by atoms with Gasteiger partial charge in [0.05, 0.1) is 11.0 Å². The standard InChI is InChI=1S/C49H30N4/c1-2-11-32(12-3-1)41-22-10-24-44-46(41)43-26-25-38-30-45(43)53(44)49-51-47(50-48(52-49)42-23-9-14-31-13-4-5-21-40(31)42)39-20-8-19-37(29-39)35-17-6-15-33(27-35)34-16-7-18-36(38)28-34/h1-30H. The summed E-state index contributed by atoms with van der Waals surface area (Å²) in [6, 6.07) is 64.9. The van der Waals surface area contributed by atoms with Crippen molar-refractivity contribution >= 4 is 32.6 Å². The Labute approximate surface area is 306 Å². The molecule has 4 nitrogen and oxygen atoms in total. The number of benzene rings is 8. The second-order valence-electron chi connectivity index (χ2n) is 13.7. The average Bonchev–Trinajstić information content (AvgIpc) is 3.57. The van der Waals surface area contributed by atoms with E-state index >= 15 is 0 Å². The van der Waals surface area contributed by atoms with Crippen LogP contribution in [-0.4, -0.2) is 19.5 Å². The van der Waals surface area contributed by atoms with Gasteiger partial charge in [-0.05, 0) is 85.6 Å². The highest BCUT2D eigenvalue weighted by Gasteiger charge is 2.22. The van der Waals surface area contributed by atoms with Crippen LogP contribution in [0.25, 0.3) is 106 Å². The van der Waals surface area contributed by atoms with E-state index < -0.39 is 0 Å². The summed E-state index contributed by atoms with van der Waals surface area (Å²) >= 11 is 0. The molecule has 0 N–H and O–H groups in total. The van der Waals surface area contributed by atoms with Gasteiger partial charge in [0.25, 0.3) is 0 Å². The van der Waals surface area contributed by atoms with E-state index in [1.165, 1.54) is 27.6 Å². The topological polar surface area (TPSA) is 43.6 Å². The SMILES string of the molecule is c1ccc(-c2cccc3c2c2ccc4cc2n3-c2nc(nc(-c3cccc5ccccc35)n2)-c2cccc(c2)-c2cccc(c2)-c2cccc-4c2)cc1. The summed E-state index contributed by atoms with van der Waals surface area (Å²) in [6.07, 6.45) is 0. The molecule has 10 aromatic rings. The van der Waals surface area contributed by atoms with Crippen LogP contribution < -0.4 is 0 Å². The minimum Gasteiger partial charge on any atom is -0.278 e. The molecular formula is C49H30N4. The first-order valence-corrected chi connectivity index (χ1v) is 17.9. The molecule has 1 aliphatic rings.